The minimum atomic E-state index is -1.22. The van der Waals surface area contributed by atoms with E-state index in [4.69, 9.17) is 14.6 Å². The Bertz CT molecular complexity index is 933. The first-order chi connectivity index (χ1) is 15.4. The molecule has 0 spiro atoms. The van der Waals surface area contributed by atoms with Crippen molar-refractivity contribution in [1.82, 2.24) is 10.6 Å². The van der Waals surface area contributed by atoms with Crippen LogP contribution < -0.4 is 10.6 Å². The molecule has 4 N–H and O–H groups in total. The second-order valence-electron chi connectivity index (χ2n) is 7.43. The van der Waals surface area contributed by atoms with Gasteiger partial charge in [-0.2, -0.15) is 0 Å². The summed E-state index contributed by atoms with van der Waals surface area (Å²) >= 11 is 0. The summed E-state index contributed by atoms with van der Waals surface area (Å²) in [6.07, 6.45) is -3.42. The van der Waals surface area contributed by atoms with Crippen LogP contribution in [0.15, 0.2) is 48.5 Å². The van der Waals surface area contributed by atoms with Gasteiger partial charge in [-0.15, -0.1) is 0 Å². The Labute approximate surface area is 185 Å². The van der Waals surface area contributed by atoms with Crippen LogP contribution in [0, 0.1) is 0 Å². The van der Waals surface area contributed by atoms with Crippen molar-refractivity contribution in [1.29, 1.82) is 0 Å². The zero-order valence-electron chi connectivity index (χ0n) is 17.6. The highest BCUT2D eigenvalue weighted by Crippen LogP contribution is 2.44. The number of alkyl carbamates (subject to hydrolysis) is 1. The molecule has 170 valence electrons. The Balaban J connectivity index is 1.49. The van der Waals surface area contributed by atoms with Gasteiger partial charge >= 0.3 is 12.1 Å². The van der Waals surface area contributed by atoms with Crippen LogP contribution in [0.3, 0.4) is 0 Å². The van der Waals surface area contributed by atoms with Gasteiger partial charge in [0.2, 0.25) is 0 Å². The van der Waals surface area contributed by atoms with Gasteiger partial charge in [0.1, 0.15) is 6.61 Å². The van der Waals surface area contributed by atoms with E-state index in [2.05, 4.69) is 10.6 Å². The van der Waals surface area contributed by atoms with Crippen LogP contribution in [0.2, 0.25) is 0 Å². The molecular formula is C23H26N2O7. The van der Waals surface area contributed by atoms with Crippen LogP contribution in [-0.2, 0) is 19.1 Å². The standard InChI is InChI=1S/C23H26N2O7/c1-31-20(22(29)24-11-14(26)10-21(27)28)12-25-23(30)32-13-19-17-8-4-2-6-15(17)16-7-3-5-9-18(16)19/h2-9,14,19-20,26H,10-13H2,1H3,(H,24,29)(H,25,30)(H,27,28). The van der Waals surface area contributed by atoms with E-state index in [1.807, 2.05) is 48.5 Å². The Morgan fingerprint density at radius 3 is 2.12 bits per heavy atom. The summed E-state index contributed by atoms with van der Waals surface area (Å²) in [4.78, 5) is 34.9. The molecule has 0 radical (unpaired) electrons. The summed E-state index contributed by atoms with van der Waals surface area (Å²) in [6, 6.07) is 16.0. The largest absolute Gasteiger partial charge is 0.481 e. The highest BCUT2D eigenvalue weighted by molar-refractivity contribution is 5.82. The lowest BCUT2D eigenvalue weighted by Crippen LogP contribution is -2.46. The van der Waals surface area contributed by atoms with Crippen molar-refractivity contribution in [3.05, 3.63) is 59.7 Å². The number of hydrogen-bond acceptors (Lipinski definition) is 6. The topological polar surface area (TPSA) is 134 Å². The fourth-order valence-electron chi connectivity index (χ4n) is 3.71. The van der Waals surface area contributed by atoms with E-state index < -0.39 is 36.6 Å². The molecule has 32 heavy (non-hydrogen) atoms. The van der Waals surface area contributed by atoms with Crippen LogP contribution in [0.1, 0.15) is 23.5 Å². The molecule has 0 fully saturated rings. The average Bonchev–Trinajstić information content (AvgIpc) is 3.10. The van der Waals surface area contributed by atoms with Gasteiger partial charge in [0, 0.05) is 19.6 Å². The van der Waals surface area contributed by atoms with Gasteiger partial charge in [0.15, 0.2) is 6.10 Å². The van der Waals surface area contributed by atoms with Crippen LogP contribution in [-0.4, -0.2) is 67.2 Å². The lowest BCUT2D eigenvalue weighted by molar-refractivity contribution is -0.140. The molecule has 1 aliphatic carbocycles. The number of carboxylic acids is 1. The summed E-state index contributed by atoms with van der Waals surface area (Å²) in [5.74, 6) is -1.84. The molecule has 9 heteroatoms. The number of methoxy groups -OCH3 is 1. The summed E-state index contributed by atoms with van der Waals surface area (Å²) in [6.45, 7) is -0.241. The van der Waals surface area contributed by atoms with Crippen LogP contribution in [0.25, 0.3) is 11.1 Å². The summed E-state index contributed by atoms with van der Waals surface area (Å²) in [5, 5.41) is 23.1. The lowest BCUT2D eigenvalue weighted by Gasteiger charge is -2.18. The van der Waals surface area contributed by atoms with Gasteiger partial charge in [-0.05, 0) is 22.3 Å². The van der Waals surface area contributed by atoms with E-state index in [1.165, 1.54) is 7.11 Å². The van der Waals surface area contributed by atoms with Crippen molar-refractivity contribution in [2.45, 2.75) is 24.5 Å². The maximum absolute atomic E-state index is 12.2. The summed E-state index contributed by atoms with van der Waals surface area (Å²) in [7, 11) is 1.30. The zero-order valence-corrected chi connectivity index (χ0v) is 17.6. The lowest BCUT2D eigenvalue weighted by atomic mass is 9.98. The van der Waals surface area contributed by atoms with Crippen molar-refractivity contribution in [2.24, 2.45) is 0 Å². The van der Waals surface area contributed by atoms with Crippen LogP contribution >= 0.6 is 0 Å². The third-order valence-electron chi connectivity index (χ3n) is 5.27. The summed E-state index contributed by atoms with van der Waals surface area (Å²) in [5.41, 5.74) is 4.43. The van der Waals surface area contributed by atoms with Gasteiger partial charge in [-0.1, -0.05) is 48.5 Å². The minimum absolute atomic E-state index is 0.0783. The van der Waals surface area contributed by atoms with E-state index in [0.717, 1.165) is 22.3 Å². The number of ether oxygens (including phenoxy) is 2. The van der Waals surface area contributed by atoms with E-state index in [0.29, 0.717) is 0 Å². The van der Waals surface area contributed by atoms with Crippen molar-refractivity contribution in [2.75, 3.05) is 26.8 Å². The molecule has 3 rings (SSSR count). The Morgan fingerprint density at radius 1 is 0.969 bits per heavy atom. The average molecular weight is 442 g/mol. The molecule has 1 aliphatic rings. The molecular weight excluding hydrogens is 416 g/mol. The van der Waals surface area contributed by atoms with E-state index >= 15 is 0 Å². The zero-order chi connectivity index (χ0) is 23.1. The van der Waals surface area contributed by atoms with Gasteiger partial charge in [0.05, 0.1) is 19.1 Å². The predicted molar refractivity (Wildman–Crippen MR) is 115 cm³/mol. The maximum Gasteiger partial charge on any atom is 0.407 e. The Kier molecular flexibility index (Phi) is 7.80. The normalized spacial score (nSPS) is 14.1. The molecule has 0 bridgehead atoms. The molecule has 2 aromatic rings. The molecule has 2 unspecified atom stereocenters. The number of rotatable bonds is 10. The van der Waals surface area contributed by atoms with E-state index in [9.17, 15) is 19.5 Å². The van der Waals surface area contributed by atoms with Crippen molar-refractivity contribution >= 4 is 18.0 Å². The SMILES string of the molecule is COC(CNC(=O)OCC1c2ccccc2-c2ccccc21)C(=O)NCC(O)CC(=O)O. The minimum Gasteiger partial charge on any atom is -0.481 e. The monoisotopic (exact) mass is 442 g/mol. The van der Waals surface area contributed by atoms with Crippen molar-refractivity contribution < 1.29 is 34.1 Å². The van der Waals surface area contributed by atoms with Gasteiger partial charge in [-0.25, -0.2) is 4.79 Å². The first-order valence-corrected chi connectivity index (χ1v) is 10.2. The van der Waals surface area contributed by atoms with Gasteiger partial charge in [-0.3, -0.25) is 9.59 Å². The number of amides is 2. The third-order valence-corrected chi connectivity index (χ3v) is 5.27. The molecule has 9 nitrogen and oxygen atoms in total. The molecule has 2 amide bonds. The molecule has 0 saturated carbocycles. The van der Waals surface area contributed by atoms with Crippen molar-refractivity contribution in [3.8, 4) is 11.1 Å². The number of carbonyl (C=O) groups is 3. The predicted octanol–water partition coefficient (Wildman–Crippen LogP) is 1.49. The number of carbonyl (C=O) groups excluding carboxylic acids is 2. The molecule has 0 heterocycles. The second-order valence-corrected chi connectivity index (χ2v) is 7.43. The van der Waals surface area contributed by atoms with Crippen molar-refractivity contribution in [3.63, 3.8) is 0 Å². The quantitative estimate of drug-likeness (QED) is 0.438. The van der Waals surface area contributed by atoms with Gasteiger partial charge in [0.25, 0.3) is 5.91 Å². The number of fused-ring (bicyclic) bond motifs is 3. The fraction of sp³-hybridized carbons (Fsp3) is 0.348. The highest BCUT2D eigenvalue weighted by Gasteiger charge is 2.29. The fourth-order valence-corrected chi connectivity index (χ4v) is 3.71. The molecule has 0 saturated heterocycles. The number of nitrogens with one attached hydrogen (secondary N) is 2. The maximum atomic E-state index is 12.2. The number of aliphatic hydroxyl groups is 1. The third kappa shape index (κ3) is 5.63. The number of aliphatic hydroxyl groups excluding tert-OH is 1. The molecule has 0 aliphatic heterocycles. The Morgan fingerprint density at radius 2 is 1.56 bits per heavy atom. The molecule has 2 atom stereocenters. The smallest absolute Gasteiger partial charge is 0.407 e. The summed E-state index contributed by atoms with van der Waals surface area (Å²) < 4.78 is 10.5. The Hall–Kier alpha value is -3.43. The number of carboxylic acid groups (broad SMARTS) is 1. The number of aliphatic carboxylic acids is 1. The first kappa shape index (κ1) is 23.2. The molecule has 0 aromatic heterocycles. The van der Waals surface area contributed by atoms with E-state index in [-0.39, 0.29) is 25.6 Å². The van der Waals surface area contributed by atoms with Crippen LogP contribution in [0.5, 0.6) is 0 Å². The first-order valence-electron chi connectivity index (χ1n) is 10.2. The number of hydrogen-bond donors (Lipinski definition) is 4. The van der Waals surface area contributed by atoms with Gasteiger partial charge < -0.3 is 30.3 Å². The highest BCUT2D eigenvalue weighted by atomic mass is 16.5. The second kappa shape index (κ2) is 10.7. The molecule has 2 aromatic carbocycles. The number of benzene rings is 2. The van der Waals surface area contributed by atoms with E-state index in [1.54, 1.807) is 0 Å². The van der Waals surface area contributed by atoms with Crippen LogP contribution in [0.4, 0.5) is 4.79 Å².